The number of nitrogens with zero attached hydrogens (tertiary/aromatic N) is 2. The zero-order valence-corrected chi connectivity index (χ0v) is 14.1. The maximum atomic E-state index is 12.5. The number of rotatable bonds is 5. The average molecular weight is 325 g/mol. The van der Waals surface area contributed by atoms with Crippen LogP contribution in [0.15, 0.2) is 48.7 Å². The summed E-state index contributed by atoms with van der Waals surface area (Å²) in [5, 5.41) is 3.58. The molecule has 0 radical (unpaired) electrons. The predicted octanol–water partition coefficient (Wildman–Crippen LogP) is 4.12. The van der Waals surface area contributed by atoms with Gasteiger partial charge >= 0.3 is 0 Å². The molecule has 0 bridgehead atoms. The van der Waals surface area contributed by atoms with Crippen molar-refractivity contribution in [1.29, 1.82) is 0 Å². The SMILES string of the molecule is CCc1nc(NC(=O)c2cccn2Cc2ccccc2)sc1C. The molecule has 1 N–H and O–H groups in total. The molecule has 3 aromatic rings. The highest BCUT2D eigenvalue weighted by molar-refractivity contribution is 7.15. The summed E-state index contributed by atoms with van der Waals surface area (Å²) in [5.74, 6) is -0.123. The van der Waals surface area contributed by atoms with Crippen LogP contribution in [0.2, 0.25) is 0 Å². The van der Waals surface area contributed by atoms with Gasteiger partial charge in [0, 0.05) is 17.6 Å². The molecule has 118 valence electrons. The molecule has 1 amide bonds. The summed E-state index contributed by atoms with van der Waals surface area (Å²) in [4.78, 5) is 18.2. The van der Waals surface area contributed by atoms with E-state index in [-0.39, 0.29) is 5.91 Å². The molecule has 0 spiro atoms. The Morgan fingerprint density at radius 2 is 2.00 bits per heavy atom. The van der Waals surface area contributed by atoms with Crippen LogP contribution in [0.3, 0.4) is 0 Å². The summed E-state index contributed by atoms with van der Waals surface area (Å²) in [6.45, 7) is 4.77. The average Bonchev–Trinajstić information content (AvgIpc) is 3.14. The van der Waals surface area contributed by atoms with Crippen LogP contribution in [0.4, 0.5) is 5.13 Å². The molecular formula is C18H19N3OS. The summed E-state index contributed by atoms with van der Waals surface area (Å²) in [6.07, 6.45) is 2.80. The molecule has 0 saturated carbocycles. The van der Waals surface area contributed by atoms with Crippen molar-refractivity contribution in [2.75, 3.05) is 5.32 Å². The van der Waals surface area contributed by atoms with Gasteiger partial charge in [-0.25, -0.2) is 4.98 Å². The second-order valence-corrected chi connectivity index (χ2v) is 6.54. The molecule has 0 saturated heterocycles. The maximum Gasteiger partial charge on any atom is 0.274 e. The van der Waals surface area contributed by atoms with Gasteiger partial charge in [-0.05, 0) is 31.0 Å². The first kappa shape index (κ1) is 15.5. The molecule has 1 aromatic carbocycles. The Balaban J connectivity index is 1.76. The van der Waals surface area contributed by atoms with Crippen molar-refractivity contribution in [1.82, 2.24) is 9.55 Å². The quantitative estimate of drug-likeness (QED) is 0.767. The van der Waals surface area contributed by atoms with Crippen LogP contribution in [0.1, 0.15) is 33.5 Å². The zero-order valence-electron chi connectivity index (χ0n) is 13.2. The molecule has 0 aliphatic rings. The van der Waals surface area contributed by atoms with Crippen molar-refractivity contribution >= 4 is 22.4 Å². The van der Waals surface area contributed by atoms with Crippen molar-refractivity contribution < 1.29 is 4.79 Å². The highest BCUT2D eigenvalue weighted by atomic mass is 32.1. The summed E-state index contributed by atoms with van der Waals surface area (Å²) in [6, 6.07) is 13.8. The monoisotopic (exact) mass is 325 g/mol. The number of carbonyl (C=O) groups is 1. The lowest BCUT2D eigenvalue weighted by molar-refractivity contribution is 0.101. The Labute approximate surface area is 139 Å². The number of thiazole rings is 1. The molecule has 2 heterocycles. The van der Waals surface area contributed by atoms with E-state index in [1.807, 2.05) is 48.0 Å². The fourth-order valence-corrected chi connectivity index (χ4v) is 3.41. The van der Waals surface area contributed by atoms with E-state index in [0.29, 0.717) is 17.4 Å². The van der Waals surface area contributed by atoms with Crippen LogP contribution in [0, 0.1) is 6.92 Å². The Kier molecular flexibility index (Phi) is 4.57. The van der Waals surface area contributed by atoms with Crippen LogP contribution in [0.25, 0.3) is 0 Å². The van der Waals surface area contributed by atoms with E-state index in [2.05, 4.69) is 29.4 Å². The third-order valence-corrected chi connectivity index (χ3v) is 4.63. The Morgan fingerprint density at radius 1 is 1.22 bits per heavy atom. The number of hydrogen-bond acceptors (Lipinski definition) is 3. The van der Waals surface area contributed by atoms with Gasteiger partial charge in [0.2, 0.25) is 0 Å². The van der Waals surface area contributed by atoms with Gasteiger partial charge in [-0.2, -0.15) is 0 Å². The minimum Gasteiger partial charge on any atom is -0.339 e. The molecule has 4 nitrogen and oxygen atoms in total. The second-order valence-electron chi connectivity index (χ2n) is 5.34. The Hall–Kier alpha value is -2.40. The molecule has 0 unspecified atom stereocenters. The van der Waals surface area contributed by atoms with Gasteiger partial charge in [-0.3, -0.25) is 10.1 Å². The normalized spacial score (nSPS) is 10.7. The van der Waals surface area contributed by atoms with E-state index in [9.17, 15) is 4.79 Å². The minimum absolute atomic E-state index is 0.123. The number of amides is 1. The highest BCUT2D eigenvalue weighted by Gasteiger charge is 2.14. The predicted molar refractivity (Wildman–Crippen MR) is 94.2 cm³/mol. The molecule has 0 fully saturated rings. The van der Waals surface area contributed by atoms with E-state index >= 15 is 0 Å². The number of hydrogen-bond donors (Lipinski definition) is 1. The molecule has 5 heteroatoms. The third kappa shape index (κ3) is 3.51. The van der Waals surface area contributed by atoms with Crippen LogP contribution in [-0.4, -0.2) is 15.5 Å². The molecule has 0 aliphatic carbocycles. The molecule has 2 aromatic heterocycles. The molecule has 23 heavy (non-hydrogen) atoms. The van der Waals surface area contributed by atoms with E-state index in [1.54, 1.807) is 0 Å². The van der Waals surface area contributed by atoms with Gasteiger partial charge in [0.25, 0.3) is 5.91 Å². The first-order valence-electron chi connectivity index (χ1n) is 7.64. The van der Waals surface area contributed by atoms with E-state index < -0.39 is 0 Å². The van der Waals surface area contributed by atoms with E-state index in [1.165, 1.54) is 11.3 Å². The number of benzene rings is 1. The summed E-state index contributed by atoms with van der Waals surface area (Å²) < 4.78 is 1.95. The topological polar surface area (TPSA) is 46.9 Å². The second kappa shape index (κ2) is 6.79. The first-order chi connectivity index (χ1) is 11.2. The molecule has 3 rings (SSSR count). The van der Waals surface area contributed by atoms with Gasteiger partial charge in [0.05, 0.1) is 5.69 Å². The van der Waals surface area contributed by atoms with E-state index in [4.69, 9.17) is 0 Å². The molecule has 0 atom stereocenters. The molecular weight excluding hydrogens is 306 g/mol. The summed E-state index contributed by atoms with van der Waals surface area (Å²) >= 11 is 1.52. The largest absolute Gasteiger partial charge is 0.339 e. The lowest BCUT2D eigenvalue weighted by Gasteiger charge is -2.08. The van der Waals surface area contributed by atoms with Crippen molar-refractivity contribution in [3.8, 4) is 0 Å². The first-order valence-corrected chi connectivity index (χ1v) is 8.45. The van der Waals surface area contributed by atoms with Crippen molar-refractivity contribution in [3.05, 3.63) is 70.5 Å². The number of anilines is 1. The third-order valence-electron chi connectivity index (χ3n) is 3.71. The number of nitrogens with one attached hydrogen (secondary N) is 1. The standard InChI is InChI=1S/C18H19N3OS/c1-3-15-13(2)23-18(19-15)20-17(22)16-10-7-11-21(16)12-14-8-5-4-6-9-14/h4-11H,3,12H2,1-2H3,(H,19,20,22). The fraction of sp³-hybridized carbons (Fsp3) is 0.222. The van der Waals surface area contributed by atoms with Crippen LogP contribution in [0.5, 0.6) is 0 Å². The smallest absolute Gasteiger partial charge is 0.274 e. The van der Waals surface area contributed by atoms with Crippen LogP contribution >= 0.6 is 11.3 Å². The lowest BCUT2D eigenvalue weighted by Crippen LogP contribution is -2.17. The van der Waals surface area contributed by atoms with E-state index in [0.717, 1.165) is 22.6 Å². The van der Waals surface area contributed by atoms with Crippen molar-refractivity contribution in [3.63, 3.8) is 0 Å². The Morgan fingerprint density at radius 3 is 2.70 bits per heavy atom. The van der Waals surface area contributed by atoms with Crippen LogP contribution < -0.4 is 5.32 Å². The highest BCUT2D eigenvalue weighted by Crippen LogP contribution is 2.23. The van der Waals surface area contributed by atoms with Gasteiger partial charge in [-0.1, -0.05) is 37.3 Å². The summed E-state index contributed by atoms with van der Waals surface area (Å²) in [7, 11) is 0. The molecule has 0 aliphatic heterocycles. The zero-order chi connectivity index (χ0) is 16.2. The lowest BCUT2D eigenvalue weighted by atomic mass is 10.2. The van der Waals surface area contributed by atoms with Crippen LogP contribution in [-0.2, 0) is 13.0 Å². The van der Waals surface area contributed by atoms with Crippen molar-refractivity contribution in [2.45, 2.75) is 26.8 Å². The van der Waals surface area contributed by atoms with Gasteiger partial charge in [0.15, 0.2) is 5.13 Å². The Bertz CT molecular complexity index is 805. The summed E-state index contributed by atoms with van der Waals surface area (Å²) in [5.41, 5.74) is 2.85. The van der Waals surface area contributed by atoms with Gasteiger partial charge < -0.3 is 4.57 Å². The number of aromatic nitrogens is 2. The van der Waals surface area contributed by atoms with Gasteiger partial charge in [0.1, 0.15) is 5.69 Å². The van der Waals surface area contributed by atoms with Crippen molar-refractivity contribution in [2.24, 2.45) is 0 Å². The number of aryl methyl sites for hydroxylation is 2. The number of carbonyl (C=O) groups excluding carboxylic acids is 1. The minimum atomic E-state index is -0.123. The maximum absolute atomic E-state index is 12.5. The fourth-order valence-electron chi connectivity index (χ4n) is 2.51. The van der Waals surface area contributed by atoms with Gasteiger partial charge in [-0.15, -0.1) is 11.3 Å².